The molecule has 0 N–H and O–H groups in total. The number of hydrogen-bond donors (Lipinski definition) is 0. The van der Waals surface area contributed by atoms with Crippen LogP contribution in [-0.2, 0) is 9.53 Å². The van der Waals surface area contributed by atoms with Crippen LogP contribution in [0.4, 0.5) is 0 Å². The summed E-state index contributed by atoms with van der Waals surface area (Å²) in [5, 5.41) is 0.269. The minimum atomic E-state index is -0.643. The number of fused-ring (bicyclic) bond motifs is 2. The molecule has 0 saturated carbocycles. The SMILES string of the molecule is O=C(OCC(=O)N1CCCC1c1ccc2c(c1)OCCO2)c1cc(Cl)c2c(c1)OCCCO2. The number of hydrogen-bond acceptors (Lipinski definition) is 7. The molecule has 2 aromatic rings. The number of carbonyl (C=O) groups is 2. The van der Waals surface area contributed by atoms with Gasteiger partial charge in [0.15, 0.2) is 29.6 Å². The predicted molar refractivity (Wildman–Crippen MR) is 118 cm³/mol. The molecule has 1 amide bonds. The molecular formula is C24H24ClNO7. The number of esters is 1. The van der Waals surface area contributed by atoms with E-state index in [-0.39, 0.29) is 29.1 Å². The first kappa shape index (κ1) is 21.7. The lowest BCUT2D eigenvalue weighted by Crippen LogP contribution is -2.34. The molecule has 0 radical (unpaired) electrons. The first-order chi connectivity index (χ1) is 16.1. The van der Waals surface area contributed by atoms with Crippen molar-refractivity contribution in [3.05, 3.63) is 46.5 Å². The van der Waals surface area contributed by atoms with E-state index in [4.69, 9.17) is 35.3 Å². The summed E-state index contributed by atoms with van der Waals surface area (Å²) in [6.45, 7) is 2.24. The van der Waals surface area contributed by atoms with Crippen LogP contribution in [0.3, 0.4) is 0 Å². The van der Waals surface area contributed by atoms with E-state index < -0.39 is 5.97 Å². The molecule has 3 aliphatic heterocycles. The zero-order chi connectivity index (χ0) is 22.8. The van der Waals surface area contributed by atoms with Crippen molar-refractivity contribution >= 4 is 23.5 Å². The lowest BCUT2D eigenvalue weighted by molar-refractivity contribution is -0.135. The zero-order valence-electron chi connectivity index (χ0n) is 18.0. The van der Waals surface area contributed by atoms with Gasteiger partial charge < -0.3 is 28.6 Å². The Morgan fingerprint density at radius 3 is 2.61 bits per heavy atom. The monoisotopic (exact) mass is 473 g/mol. The molecule has 1 atom stereocenters. The highest BCUT2D eigenvalue weighted by Crippen LogP contribution is 2.39. The van der Waals surface area contributed by atoms with Crippen LogP contribution in [0.1, 0.15) is 41.2 Å². The maximum absolute atomic E-state index is 12.9. The van der Waals surface area contributed by atoms with E-state index in [1.165, 1.54) is 12.1 Å². The number of carbonyl (C=O) groups excluding carboxylic acids is 2. The van der Waals surface area contributed by atoms with Gasteiger partial charge in [-0.05, 0) is 42.7 Å². The zero-order valence-corrected chi connectivity index (χ0v) is 18.8. The standard InChI is InChI=1S/C24H24ClNO7/c25-17-11-16(13-21-23(17)32-8-2-7-29-21)24(28)33-14-22(27)26-6-1-3-18(26)15-4-5-19-20(12-15)31-10-9-30-19/h4-5,11-13,18H,1-3,6-10,14H2. The number of benzene rings is 2. The maximum atomic E-state index is 12.9. The Labute approximate surface area is 196 Å². The first-order valence-corrected chi connectivity index (χ1v) is 11.4. The van der Waals surface area contributed by atoms with E-state index in [2.05, 4.69) is 0 Å². The van der Waals surface area contributed by atoms with Gasteiger partial charge in [-0.3, -0.25) is 4.79 Å². The molecule has 1 unspecified atom stereocenters. The highest BCUT2D eigenvalue weighted by atomic mass is 35.5. The van der Waals surface area contributed by atoms with Gasteiger partial charge >= 0.3 is 5.97 Å². The van der Waals surface area contributed by atoms with Gasteiger partial charge in [0.1, 0.15) is 13.2 Å². The van der Waals surface area contributed by atoms with Gasteiger partial charge in [-0.2, -0.15) is 0 Å². The second-order valence-electron chi connectivity index (χ2n) is 8.06. The van der Waals surface area contributed by atoms with E-state index in [1.807, 2.05) is 18.2 Å². The summed E-state index contributed by atoms with van der Waals surface area (Å²) >= 11 is 6.26. The van der Waals surface area contributed by atoms with Gasteiger partial charge in [0.2, 0.25) is 0 Å². The molecule has 3 heterocycles. The van der Waals surface area contributed by atoms with Crippen LogP contribution in [0.5, 0.6) is 23.0 Å². The number of halogens is 1. The van der Waals surface area contributed by atoms with Crippen molar-refractivity contribution in [2.24, 2.45) is 0 Å². The Balaban J connectivity index is 1.25. The quantitative estimate of drug-likeness (QED) is 0.624. The Kier molecular flexibility index (Phi) is 6.17. The highest BCUT2D eigenvalue weighted by Gasteiger charge is 2.31. The van der Waals surface area contributed by atoms with E-state index in [9.17, 15) is 9.59 Å². The summed E-state index contributed by atoms with van der Waals surface area (Å²) < 4.78 is 27.8. The largest absolute Gasteiger partial charge is 0.489 e. The highest BCUT2D eigenvalue weighted by molar-refractivity contribution is 6.32. The molecule has 1 fully saturated rings. The van der Waals surface area contributed by atoms with Gasteiger partial charge in [-0.25, -0.2) is 4.79 Å². The van der Waals surface area contributed by atoms with Gasteiger partial charge in [0.05, 0.1) is 29.8 Å². The topological polar surface area (TPSA) is 83.5 Å². The maximum Gasteiger partial charge on any atom is 0.338 e. The minimum absolute atomic E-state index is 0.0977. The molecule has 1 saturated heterocycles. The third-order valence-corrected chi connectivity index (χ3v) is 6.17. The Morgan fingerprint density at radius 1 is 0.939 bits per heavy atom. The van der Waals surface area contributed by atoms with Crippen molar-refractivity contribution in [2.75, 3.05) is 39.6 Å². The third kappa shape index (κ3) is 4.53. The van der Waals surface area contributed by atoms with E-state index in [1.54, 1.807) is 4.90 Å². The van der Waals surface area contributed by atoms with Gasteiger partial charge in [0.25, 0.3) is 5.91 Å². The molecular weight excluding hydrogens is 450 g/mol. The second-order valence-corrected chi connectivity index (χ2v) is 8.47. The van der Waals surface area contributed by atoms with Crippen molar-refractivity contribution in [3.63, 3.8) is 0 Å². The van der Waals surface area contributed by atoms with Crippen LogP contribution >= 0.6 is 11.6 Å². The van der Waals surface area contributed by atoms with Gasteiger partial charge in [0, 0.05) is 13.0 Å². The van der Waals surface area contributed by atoms with Crippen LogP contribution in [0.15, 0.2) is 30.3 Å². The average Bonchev–Trinajstić information content (AvgIpc) is 3.20. The molecule has 0 aromatic heterocycles. The normalized spacial score (nSPS) is 19.1. The number of likely N-dealkylation sites (tertiary alicyclic amines) is 1. The summed E-state index contributed by atoms with van der Waals surface area (Å²) in [5.74, 6) is 1.33. The summed E-state index contributed by atoms with van der Waals surface area (Å²) in [5.41, 5.74) is 1.19. The van der Waals surface area contributed by atoms with Crippen molar-refractivity contribution in [3.8, 4) is 23.0 Å². The minimum Gasteiger partial charge on any atom is -0.489 e. The fourth-order valence-corrected chi connectivity index (χ4v) is 4.59. The molecule has 9 heteroatoms. The molecule has 2 aromatic carbocycles. The van der Waals surface area contributed by atoms with Crippen LogP contribution in [0.25, 0.3) is 0 Å². The summed E-state index contributed by atoms with van der Waals surface area (Å²) in [7, 11) is 0. The fourth-order valence-electron chi connectivity index (χ4n) is 4.32. The number of nitrogens with zero attached hydrogens (tertiary/aromatic N) is 1. The molecule has 0 bridgehead atoms. The van der Waals surface area contributed by atoms with Crippen molar-refractivity contribution in [1.82, 2.24) is 4.90 Å². The molecule has 3 aliphatic rings. The summed E-state index contributed by atoms with van der Waals surface area (Å²) in [4.78, 5) is 27.3. The van der Waals surface area contributed by atoms with Crippen LogP contribution < -0.4 is 18.9 Å². The number of rotatable bonds is 4. The van der Waals surface area contributed by atoms with E-state index in [0.717, 1.165) is 24.8 Å². The molecule has 33 heavy (non-hydrogen) atoms. The van der Waals surface area contributed by atoms with Crippen molar-refractivity contribution < 1.29 is 33.3 Å². The third-order valence-electron chi connectivity index (χ3n) is 5.89. The average molecular weight is 474 g/mol. The Bertz CT molecular complexity index is 1070. The molecule has 0 spiro atoms. The van der Waals surface area contributed by atoms with Crippen LogP contribution in [-0.4, -0.2) is 56.4 Å². The number of ether oxygens (including phenoxy) is 5. The smallest absolute Gasteiger partial charge is 0.338 e. The lowest BCUT2D eigenvalue weighted by atomic mass is 10.0. The predicted octanol–water partition coefficient (Wildman–Crippen LogP) is 3.79. The molecule has 0 aliphatic carbocycles. The first-order valence-electron chi connectivity index (χ1n) is 11.1. The molecule has 5 rings (SSSR count). The van der Waals surface area contributed by atoms with Crippen LogP contribution in [0, 0.1) is 0 Å². The molecule has 8 nitrogen and oxygen atoms in total. The van der Waals surface area contributed by atoms with E-state index in [0.29, 0.717) is 56.0 Å². The van der Waals surface area contributed by atoms with E-state index >= 15 is 0 Å². The Morgan fingerprint density at radius 2 is 1.73 bits per heavy atom. The summed E-state index contributed by atoms with van der Waals surface area (Å²) in [6, 6.07) is 8.66. The molecule has 174 valence electrons. The second kappa shape index (κ2) is 9.39. The van der Waals surface area contributed by atoms with Crippen LogP contribution in [0.2, 0.25) is 5.02 Å². The lowest BCUT2D eigenvalue weighted by Gasteiger charge is -2.26. The van der Waals surface area contributed by atoms with Crippen molar-refractivity contribution in [2.45, 2.75) is 25.3 Å². The summed E-state index contributed by atoms with van der Waals surface area (Å²) in [6.07, 6.45) is 2.42. The Hall–Kier alpha value is -3.13. The van der Waals surface area contributed by atoms with Gasteiger partial charge in [-0.15, -0.1) is 0 Å². The van der Waals surface area contributed by atoms with Crippen molar-refractivity contribution in [1.29, 1.82) is 0 Å². The number of amides is 1. The fraction of sp³-hybridized carbons (Fsp3) is 0.417. The van der Waals surface area contributed by atoms with Gasteiger partial charge in [-0.1, -0.05) is 17.7 Å².